The van der Waals surface area contributed by atoms with Crippen LogP contribution in [0.25, 0.3) is 0 Å². The fourth-order valence-electron chi connectivity index (χ4n) is 3.02. The quantitative estimate of drug-likeness (QED) is 0.877. The van der Waals surface area contributed by atoms with Crippen molar-refractivity contribution in [2.24, 2.45) is 11.1 Å². The average Bonchev–Trinajstić information content (AvgIpc) is 2.47. The molecule has 1 aliphatic rings. The zero-order valence-corrected chi connectivity index (χ0v) is 12.1. The fourth-order valence-corrected chi connectivity index (χ4v) is 3.02. The van der Waals surface area contributed by atoms with Gasteiger partial charge in [-0.05, 0) is 37.0 Å². The van der Waals surface area contributed by atoms with Gasteiger partial charge in [0.05, 0.1) is 5.41 Å². The third kappa shape index (κ3) is 4.00. The molecule has 1 aromatic rings. The molecule has 5 heteroatoms. The first-order chi connectivity index (χ1) is 10.1. The van der Waals surface area contributed by atoms with Gasteiger partial charge in [-0.2, -0.15) is 0 Å². The summed E-state index contributed by atoms with van der Waals surface area (Å²) in [6, 6.07) is 3.41. The van der Waals surface area contributed by atoms with Gasteiger partial charge in [0.1, 0.15) is 11.6 Å². The van der Waals surface area contributed by atoms with Crippen molar-refractivity contribution in [1.82, 2.24) is 5.32 Å². The maximum atomic E-state index is 13.1. The monoisotopic (exact) mass is 296 g/mol. The van der Waals surface area contributed by atoms with E-state index >= 15 is 0 Å². The minimum atomic E-state index is -0.595. The number of amides is 1. The topological polar surface area (TPSA) is 55.1 Å². The van der Waals surface area contributed by atoms with Crippen molar-refractivity contribution in [3.63, 3.8) is 0 Å². The molecule has 1 aliphatic carbocycles. The van der Waals surface area contributed by atoms with Gasteiger partial charge in [0, 0.05) is 19.2 Å². The Balaban J connectivity index is 1.88. The molecule has 0 aromatic heterocycles. The molecule has 0 radical (unpaired) electrons. The van der Waals surface area contributed by atoms with E-state index in [2.05, 4.69) is 5.32 Å². The van der Waals surface area contributed by atoms with E-state index < -0.39 is 17.0 Å². The first-order valence-corrected chi connectivity index (χ1v) is 7.49. The maximum absolute atomic E-state index is 13.1. The maximum Gasteiger partial charge on any atom is 0.227 e. The molecule has 2 rings (SSSR count). The number of carbonyl (C=O) groups excluding carboxylic acids is 1. The zero-order valence-electron chi connectivity index (χ0n) is 12.1. The predicted molar refractivity (Wildman–Crippen MR) is 77.6 cm³/mol. The van der Waals surface area contributed by atoms with Crippen molar-refractivity contribution >= 4 is 5.91 Å². The molecule has 0 saturated heterocycles. The summed E-state index contributed by atoms with van der Waals surface area (Å²) in [4.78, 5) is 12.3. The summed E-state index contributed by atoms with van der Waals surface area (Å²) in [5, 5.41) is 2.87. The molecule has 0 aliphatic heterocycles. The first kappa shape index (κ1) is 15.9. The fraction of sp³-hybridized carbons (Fsp3) is 0.562. The van der Waals surface area contributed by atoms with E-state index in [0.29, 0.717) is 25.1 Å². The normalized spacial score (nSPS) is 17.5. The van der Waals surface area contributed by atoms with Crippen LogP contribution in [0.3, 0.4) is 0 Å². The van der Waals surface area contributed by atoms with Gasteiger partial charge in [0.2, 0.25) is 5.91 Å². The van der Waals surface area contributed by atoms with Gasteiger partial charge >= 0.3 is 0 Å². The summed E-state index contributed by atoms with van der Waals surface area (Å²) in [6.07, 6.45) is 5.26. The van der Waals surface area contributed by atoms with Gasteiger partial charge in [0.15, 0.2) is 0 Å². The Morgan fingerprint density at radius 2 is 1.76 bits per heavy atom. The number of nitrogens with two attached hydrogens (primary N) is 1. The van der Waals surface area contributed by atoms with E-state index in [9.17, 15) is 13.6 Å². The molecule has 0 atom stereocenters. The Bertz CT molecular complexity index is 479. The van der Waals surface area contributed by atoms with Crippen molar-refractivity contribution in [1.29, 1.82) is 0 Å². The van der Waals surface area contributed by atoms with E-state index in [0.717, 1.165) is 38.2 Å². The summed E-state index contributed by atoms with van der Waals surface area (Å²) >= 11 is 0. The number of nitrogens with one attached hydrogen (secondary N) is 1. The standard InChI is InChI=1S/C16H22F2N2O/c17-13-8-12(9-14(18)10-13)4-7-20-15(21)16(11-19)5-2-1-3-6-16/h8-10H,1-7,11,19H2,(H,20,21). The molecule has 116 valence electrons. The van der Waals surface area contributed by atoms with Crippen LogP contribution in [0, 0.1) is 17.0 Å². The van der Waals surface area contributed by atoms with Gasteiger partial charge in [-0.25, -0.2) is 8.78 Å². The second-order valence-corrected chi connectivity index (χ2v) is 5.83. The molecule has 0 heterocycles. The van der Waals surface area contributed by atoms with Crippen molar-refractivity contribution < 1.29 is 13.6 Å². The molecule has 1 saturated carbocycles. The van der Waals surface area contributed by atoms with E-state index in [-0.39, 0.29) is 5.91 Å². The Labute approximate surface area is 123 Å². The van der Waals surface area contributed by atoms with Crippen LogP contribution in [-0.4, -0.2) is 19.0 Å². The molecule has 1 amide bonds. The first-order valence-electron chi connectivity index (χ1n) is 7.49. The van der Waals surface area contributed by atoms with Gasteiger partial charge in [-0.15, -0.1) is 0 Å². The van der Waals surface area contributed by atoms with Crippen molar-refractivity contribution in [3.8, 4) is 0 Å². The molecule has 1 aromatic carbocycles. The molecule has 0 bridgehead atoms. The van der Waals surface area contributed by atoms with Crippen LogP contribution in [0.2, 0.25) is 0 Å². The average molecular weight is 296 g/mol. The molecule has 21 heavy (non-hydrogen) atoms. The zero-order chi connectivity index (χ0) is 15.3. The van der Waals surface area contributed by atoms with Gasteiger partial charge in [0.25, 0.3) is 0 Å². The molecular weight excluding hydrogens is 274 g/mol. The summed E-state index contributed by atoms with van der Waals surface area (Å²) in [6.45, 7) is 0.719. The minimum absolute atomic E-state index is 0.0263. The number of benzene rings is 1. The highest BCUT2D eigenvalue weighted by Crippen LogP contribution is 2.35. The van der Waals surface area contributed by atoms with Crippen LogP contribution in [-0.2, 0) is 11.2 Å². The lowest BCUT2D eigenvalue weighted by Crippen LogP contribution is -2.47. The number of halogens is 2. The van der Waals surface area contributed by atoms with Crippen LogP contribution in [0.5, 0.6) is 0 Å². The number of rotatable bonds is 5. The Morgan fingerprint density at radius 1 is 1.14 bits per heavy atom. The molecule has 3 nitrogen and oxygen atoms in total. The van der Waals surface area contributed by atoms with E-state index in [1.165, 1.54) is 12.1 Å². The highest BCUT2D eigenvalue weighted by molar-refractivity contribution is 5.83. The third-order valence-corrected chi connectivity index (χ3v) is 4.30. The highest BCUT2D eigenvalue weighted by atomic mass is 19.1. The van der Waals surface area contributed by atoms with Gasteiger partial charge in [-0.1, -0.05) is 19.3 Å². The lowest BCUT2D eigenvalue weighted by atomic mass is 9.73. The summed E-state index contributed by atoms with van der Waals surface area (Å²) < 4.78 is 26.2. The van der Waals surface area contributed by atoms with Crippen LogP contribution in [0.1, 0.15) is 37.7 Å². The van der Waals surface area contributed by atoms with E-state index in [4.69, 9.17) is 5.73 Å². The summed E-state index contributed by atoms with van der Waals surface area (Å²) in [5.41, 5.74) is 5.89. The molecule has 0 spiro atoms. The number of hydrogen-bond acceptors (Lipinski definition) is 2. The summed E-state index contributed by atoms with van der Waals surface area (Å²) in [5.74, 6) is -1.22. The lowest BCUT2D eigenvalue weighted by molar-refractivity contribution is -0.132. The molecular formula is C16H22F2N2O. The predicted octanol–water partition coefficient (Wildman–Crippen LogP) is 2.53. The van der Waals surface area contributed by atoms with E-state index in [1.54, 1.807) is 0 Å². The van der Waals surface area contributed by atoms with Gasteiger partial charge in [-0.3, -0.25) is 4.79 Å². The molecule has 0 unspecified atom stereocenters. The van der Waals surface area contributed by atoms with Crippen LogP contribution < -0.4 is 11.1 Å². The second kappa shape index (κ2) is 6.98. The molecule has 3 N–H and O–H groups in total. The second-order valence-electron chi connectivity index (χ2n) is 5.83. The largest absolute Gasteiger partial charge is 0.355 e. The van der Waals surface area contributed by atoms with Crippen LogP contribution in [0.15, 0.2) is 18.2 Å². The molecule has 1 fully saturated rings. The third-order valence-electron chi connectivity index (χ3n) is 4.30. The Kier molecular flexibility index (Phi) is 5.28. The summed E-state index contributed by atoms with van der Waals surface area (Å²) in [7, 11) is 0. The Morgan fingerprint density at radius 3 is 2.33 bits per heavy atom. The minimum Gasteiger partial charge on any atom is -0.355 e. The van der Waals surface area contributed by atoms with Crippen molar-refractivity contribution in [2.75, 3.05) is 13.1 Å². The Hall–Kier alpha value is -1.49. The van der Waals surface area contributed by atoms with Crippen LogP contribution in [0.4, 0.5) is 8.78 Å². The number of carbonyl (C=O) groups is 1. The van der Waals surface area contributed by atoms with E-state index in [1.807, 2.05) is 0 Å². The van der Waals surface area contributed by atoms with Crippen molar-refractivity contribution in [3.05, 3.63) is 35.4 Å². The lowest BCUT2D eigenvalue weighted by Gasteiger charge is -2.34. The van der Waals surface area contributed by atoms with Crippen LogP contribution >= 0.6 is 0 Å². The smallest absolute Gasteiger partial charge is 0.227 e. The van der Waals surface area contributed by atoms with Crippen molar-refractivity contribution in [2.45, 2.75) is 38.5 Å². The van der Waals surface area contributed by atoms with Gasteiger partial charge < -0.3 is 11.1 Å². The SMILES string of the molecule is NCC1(C(=O)NCCc2cc(F)cc(F)c2)CCCCC1. The highest BCUT2D eigenvalue weighted by Gasteiger charge is 2.37. The number of hydrogen-bond donors (Lipinski definition) is 2.